The Morgan fingerprint density at radius 1 is 1.48 bits per heavy atom. The topological polar surface area (TPSA) is 86.5 Å². The van der Waals surface area contributed by atoms with Gasteiger partial charge in [0.15, 0.2) is 11.6 Å². The number of rotatable bonds is 2. The summed E-state index contributed by atoms with van der Waals surface area (Å²) in [5.74, 6) is -0.196. The van der Waals surface area contributed by atoms with E-state index in [1.807, 2.05) is 0 Å². The van der Waals surface area contributed by atoms with Crippen LogP contribution in [0.2, 0.25) is 0 Å². The largest absolute Gasteiger partial charge is 0.480 e. The monoisotopic (exact) mass is 300 g/mol. The third-order valence-corrected chi connectivity index (χ3v) is 3.23. The van der Waals surface area contributed by atoms with Gasteiger partial charge in [-0.2, -0.15) is 13.2 Å². The van der Waals surface area contributed by atoms with Gasteiger partial charge < -0.3 is 16.2 Å². The number of alkyl halides is 3. The van der Waals surface area contributed by atoms with Crippen molar-refractivity contribution >= 4 is 11.5 Å². The highest BCUT2D eigenvalue weighted by Gasteiger charge is 2.33. The van der Waals surface area contributed by atoms with E-state index in [1.54, 1.807) is 7.05 Å². The highest BCUT2D eigenvalue weighted by Crippen LogP contribution is 2.34. The average Bonchev–Trinajstić information content (AvgIpc) is 2.81. The fourth-order valence-electron chi connectivity index (χ4n) is 2.19. The van der Waals surface area contributed by atoms with Crippen LogP contribution in [0.5, 0.6) is 5.75 Å². The van der Waals surface area contributed by atoms with Gasteiger partial charge in [0, 0.05) is 13.2 Å². The van der Waals surface area contributed by atoms with E-state index in [-0.39, 0.29) is 11.6 Å². The second kappa shape index (κ2) is 5.63. The van der Waals surface area contributed by atoms with Gasteiger partial charge in [-0.1, -0.05) is 0 Å². The third-order valence-electron chi connectivity index (χ3n) is 3.23. The normalized spacial score (nSPS) is 23.0. The molecule has 8 heteroatoms. The second-order valence-electron chi connectivity index (χ2n) is 4.55. The zero-order valence-corrected chi connectivity index (χ0v) is 11.3. The first-order chi connectivity index (χ1) is 9.86. The summed E-state index contributed by atoms with van der Waals surface area (Å²) in [7, 11) is 1.58. The molecule has 0 spiro atoms. The van der Waals surface area contributed by atoms with Crippen LogP contribution in [0, 0.1) is 0 Å². The summed E-state index contributed by atoms with van der Waals surface area (Å²) >= 11 is 0. The van der Waals surface area contributed by atoms with Gasteiger partial charge in [0.05, 0.1) is 11.3 Å². The van der Waals surface area contributed by atoms with Crippen molar-refractivity contribution in [3.63, 3.8) is 0 Å². The Hall–Kier alpha value is -2.25. The minimum absolute atomic E-state index is 0.0939. The van der Waals surface area contributed by atoms with Crippen LogP contribution in [0.25, 0.3) is 0 Å². The van der Waals surface area contributed by atoms with Gasteiger partial charge in [-0.05, 0) is 30.7 Å². The summed E-state index contributed by atoms with van der Waals surface area (Å²) in [5, 5.41) is 0. The molecule has 5 nitrogen and oxygen atoms in total. The van der Waals surface area contributed by atoms with Crippen LogP contribution in [0.3, 0.4) is 0 Å². The lowest BCUT2D eigenvalue weighted by atomic mass is 10.2. The summed E-state index contributed by atoms with van der Waals surface area (Å²) in [5.41, 5.74) is 11.6. The van der Waals surface area contributed by atoms with Crippen LogP contribution < -0.4 is 16.2 Å². The van der Waals surface area contributed by atoms with Crippen molar-refractivity contribution in [2.24, 2.45) is 10.7 Å². The quantitative estimate of drug-likeness (QED) is 0.876. The van der Waals surface area contributed by atoms with Crippen LogP contribution in [0.4, 0.5) is 19.0 Å². The smallest absolute Gasteiger partial charge is 0.418 e. The molecule has 0 saturated heterocycles. The minimum Gasteiger partial charge on any atom is -0.480 e. The van der Waals surface area contributed by atoms with E-state index >= 15 is 0 Å². The zero-order chi connectivity index (χ0) is 15.6. The number of anilines is 1. The predicted molar refractivity (Wildman–Crippen MR) is 72.9 cm³/mol. The molecule has 1 aromatic rings. The third kappa shape index (κ3) is 3.09. The zero-order valence-electron chi connectivity index (χ0n) is 11.3. The van der Waals surface area contributed by atoms with E-state index in [0.29, 0.717) is 24.8 Å². The van der Waals surface area contributed by atoms with Gasteiger partial charge in [-0.25, -0.2) is 4.98 Å². The molecule has 1 heterocycles. The molecule has 0 aromatic carbocycles. The van der Waals surface area contributed by atoms with Crippen molar-refractivity contribution in [3.05, 3.63) is 29.6 Å². The maximum absolute atomic E-state index is 12.7. The fraction of sp³-hybridized carbons (Fsp3) is 0.385. The molecule has 1 aromatic heterocycles. The summed E-state index contributed by atoms with van der Waals surface area (Å²) in [6.45, 7) is 0. The number of nitrogens with zero attached hydrogens (tertiary/aromatic N) is 2. The Bertz CT molecular complexity index is 596. The Balaban J connectivity index is 2.28. The lowest BCUT2D eigenvalue weighted by Crippen LogP contribution is -2.23. The molecule has 1 atom stereocenters. The molecule has 0 amide bonds. The summed E-state index contributed by atoms with van der Waals surface area (Å²) in [6, 6.07) is 0.847. The van der Waals surface area contributed by atoms with Crippen LogP contribution in [0.1, 0.15) is 18.4 Å². The van der Waals surface area contributed by atoms with Crippen molar-refractivity contribution in [2.45, 2.75) is 25.1 Å². The first-order valence-corrected chi connectivity index (χ1v) is 6.24. The maximum Gasteiger partial charge on any atom is 0.418 e. The standard InChI is InChI=1S/C13H15F3N4O/c1-19-11-7(5-17)2-3-9(11)21-10-4-8(13(14,15)16)6-20-12(10)18/h4-6,9H,2-3,17H2,1H3,(H2,18,20). The second-order valence-corrected chi connectivity index (χ2v) is 4.55. The number of halogens is 3. The fourth-order valence-corrected chi connectivity index (χ4v) is 2.19. The Morgan fingerprint density at radius 2 is 2.19 bits per heavy atom. The number of aromatic nitrogens is 1. The van der Waals surface area contributed by atoms with E-state index < -0.39 is 17.8 Å². The molecule has 1 aliphatic rings. The number of hydrogen-bond acceptors (Lipinski definition) is 5. The number of hydrogen-bond donors (Lipinski definition) is 2. The van der Waals surface area contributed by atoms with Crippen LogP contribution in [0.15, 0.2) is 29.0 Å². The van der Waals surface area contributed by atoms with Crippen molar-refractivity contribution in [2.75, 3.05) is 12.8 Å². The van der Waals surface area contributed by atoms with Crippen LogP contribution in [-0.4, -0.2) is 23.8 Å². The molecule has 1 unspecified atom stereocenters. The number of nitrogen functional groups attached to an aromatic ring is 1. The van der Waals surface area contributed by atoms with Gasteiger partial charge in [-0.3, -0.25) is 4.99 Å². The van der Waals surface area contributed by atoms with E-state index in [9.17, 15) is 13.2 Å². The highest BCUT2D eigenvalue weighted by atomic mass is 19.4. The van der Waals surface area contributed by atoms with Gasteiger partial charge in [-0.15, -0.1) is 0 Å². The molecule has 1 saturated carbocycles. The SMILES string of the molecule is CN=C1C(=CN)CCC1Oc1cc(C(F)(F)F)cnc1N. The summed E-state index contributed by atoms with van der Waals surface area (Å²) in [4.78, 5) is 7.61. The molecule has 0 aliphatic heterocycles. The van der Waals surface area contributed by atoms with Crippen molar-refractivity contribution < 1.29 is 17.9 Å². The molecule has 0 bridgehead atoms. The van der Waals surface area contributed by atoms with E-state index in [0.717, 1.165) is 11.6 Å². The average molecular weight is 300 g/mol. The van der Waals surface area contributed by atoms with Gasteiger partial charge >= 0.3 is 6.18 Å². The molecule has 0 radical (unpaired) electrons. The molecule has 2 rings (SSSR count). The Kier molecular flexibility index (Phi) is 4.06. The Morgan fingerprint density at radius 3 is 2.76 bits per heavy atom. The van der Waals surface area contributed by atoms with Gasteiger partial charge in [0.2, 0.25) is 0 Å². The first-order valence-electron chi connectivity index (χ1n) is 6.24. The molecule has 1 fully saturated rings. The molecule has 21 heavy (non-hydrogen) atoms. The highest BCUT2D eigenvalue weighted by molar-refractivity contribution is 6.05. The number of nitrogens with two attached hydrogens (primary N) is 2. The van der Waals surface area contributed by atoms with Crippen LogP contribution >= 0.6 is 0 Å². The number of ether oxygens (including phenoxy) is 1. The van der Waals surface area contributed by atoms with Crippen molar-refractivity contribution in [1.82, 2.24) is 4.98 Å². The van der Waals surface area contributed by atoms with Gasteiger partial charge in [0.25, 0.3) is 0 Å². The van der Waals surface area contributed by atoms with Crippen molar-refractivity contribution in [3.8, 4) is 5.75 Å². The molecular formula is C13H15F3N4O. The first kappa shape index (κ1) is 15.1. The Labute approximate surface area is 119 Å². The molecule has 1 aliphatic carbocycles. The summed E-state index contributed by atoms with van der Waals surface area (Å²) in [6.07, 6.45) is -1.64. The minimum atomic E-state index is -4.50. The molecule has 114 valence electrons. The lowest BCUT2D eigenvalue weighted by molar-refractivity contribution is -0.137. The van der Waals surface area contributed by atoms with Gasteiger partial charge in [0.1, 0.15) is 6.10 Å². The summed E-state index contributed by atoms with van der Waals surface area (Å²) < 4.78 is 43.6. The van der Waals surface area contributed by atoms with Crippen molar-refractivity contribution in [1.29, 1.82) is 0 Å². The molecular weight excluding hydrogens is 285 g/mol. The predicted octanol–water partition coefficient (Wildman–Crippen LogP) is 2.14. The number of aliphatic imine (C=N–C) groups is 1. The maximum atomic E-state index is 12.7. The van der Waals surface area contributed by atoms with E-state index in [2.05, 4.69) is 9.98 Å². The van der Waals surface area contributed by atoms with E-state index in [4.69, 9.17) is 16.2 Å². The lowest BCUT2D eigenvalue weighted by Gasteiger charge is -2.17. The molecule has 4 N–H and O–H groups in total. The van der Waals surface area contributed by atoms with E-state index in [1.165, 1.54) is 6.20 Å². The van der Waals surface area contributed by atoms with Crippen LogP contribution in [-0.2, 0) is 6.18 Å². The number of pyridine rings is 1.